The second-order valence-electron chi connectivity index (χ2n) is 4.15. The molecule has 3 rings (SSSR count). The molecule has 1 fully saturated rings. The van der Waals surface area contributed by atoms with Gasteiger partial charge in [0.15, 0.2) is 5.65 Å². The number of nitrogens with zero attached hydrogens (tertiary/aromatic N) is 4. The Hall–Kier alpha value is -1.95. The summed E-state index contributed by atoms with van der Waals surface area (Å²) < 4.78 is 0. The second kappa shape index (κ2) is 4.06. The minimum absolute atomic E-state index is 0.0187. The van der Waals surface area contributed by atoms with E-state index in [1.54, 1.807) is 12.3 Å². The summed E-state index contributed by atoms with van der Waals surface area (Å²) in [7, 11) is 0. The van der Waals surface area contributed by atoms with Crippen molar-refractivity contribution < 1.29 is 4.79 Å². The molecule has 7 heteroatoms. The number of nitrogens with one attached hydrogen (secondary N) is 1. The molecule has 3 heterocycles. The Labute approximate surface area is 108 Å². The predicted octanol–water partition coefficient (Wildman–Crippen LogP) is 1.55. The quantitative estimate of drug-likeness (QED) is 0.659. The molecule has 1 amide bonds. The summed E-state index contributed by atoms with van der Waals surface area (Å²) in [6.45, 7) is 4.24. The van der Waals surface area contributed by atoms with Gasteiger partial charge in [0.2, 0.25) is 11.9 Å². The molecule has 18 heavy (non-hydrogen) atoms. The number of aromatic amines is 1. The molecule has 1 aliphatic rings. The van der Waals surface area contributed by atoms with Gasteiger partial charge in [-0.3, -0.25) is 14.8 Å². The van der Waals surface area contributed by atoms with Crippen LogP contribution in [0.4, 0.5) is 5.95 Å². The lowest BCUT2D eigenvalue weighted by molar-refractivity contribution is -0.117. The first-order valence-corrected chi connectivity index (χ1v) is 5.86. The fourth-order valence-electron chi connectivity index (χ4n) is 2.00. The highest BCUT2D eigenvalue weighted by molar-refractivity contribution is 6.34. The van der Waals surface area contributed by atoms with Gasteiger partial charge in [0, 0.05) is 18.9 Å². The normalized spacial score (nSPS) is 19.7. The molecule has 92 valence electrons. The number of rotatable bonds is 2. The molecular formula is C11H10ClN5O. The number of hydrogen-bond acceptors (Lipinski definition) is 4. The van der Waals surface area contributed by atoms with Crippen LogP contribution in [0, 0.1) is 5.92 Å². The van der Waals surface area contributed by atoms with Gasteiger partial charge in [0.25, 0.3) is 0 Å². The van der Waals surface area contributed by atoms with Crippen LogP contribution in [0.1, 0.15) is 6.42 Å². The number of H-pyrrole nitrogens is 1. The maximum atomic E-state index is 11.9. The van der Waals surface area contributed by atoms with E-state index < -0.39 is 0 Å². The lowest BCUT2D eigenvalue weighted by Crippen LogP contribution is -2.26. The Morgan fingerprint density at radius 1 is 1.56 bits per heavy atom. The molecule has 0 aromatic carbocycles. The van der Waals surface area contributed by atoms with Crippen molar-refractivity contribution in [3.05, 3.63) is 24.0 Å². The second-order valence-corrected chi connectivity index (χ2v) is 4.51. The number of halogens is 1. The van der Waals surface area contributed by atoms with Gasteiger partial charge >= 0.3 is 0 Å². The van der Waals surface area contributed by atoms with Crippen LogP contribution in [-0.2, 0) is 4.79 Å². The molecule has 1 atom stereocenters. The molecule has 0 saturated carbocycles. The molecule has 2 aromatic heterocycles. The molecule has 1 aliphatic heterocycles. The average molecular weight is 264 g/mol. The zero-order valence-corrected chi connectivity index (χ0v) is 10.2. The average Bonchev–Trinajstić information content (AvgIpc) is 2.95. The molecule has 1 saturated heterocycles. The van der Waals surface area contributed by atoms with Gasteiger partial charge in [-0.25, -0.2) is 0 Å². The van der Waals surface area contributed by atoms with E-state index in [0.717, 1.165) is 0 Å². The Kier molecular flexibility index (Phi) is 2.52. The summed E-state index contributed by atoms with van der Waals surface area (Å²) in [6.07, 6.45) is 3.76. The molecule has 2 aromatic rings. The summed E-state index contributed by atoms with van der Waals surface area (Å²) >= 11 is 6.03. The summed E-state index contributed by atoms with van der Waals surface area (Å²) in [5.41, 5.74) is 0.528. The standard InChI is InChI=1S/C11H10ClN5O/c1-2-6-3-8(18)17(5-6)11-14-9(12)7-4-13-16-10(7)15-11/h2,4,6H,1,3,5H2,(H,13,14,15,16). The number of amides is 1. The largest absolute Gasteiger partial charge is 0.280 e. The Morgan fingerprint density at radius 2 is 2.39 bits per heavy atom. The van der Waals surface area contributed by atoms with Gasteiger partial charge in [-0.2, -0.15) is 15.1 Å². The third-order valence-corrected chi connectivity index (χ3v) is 3.27. The zero-order valence-electron chi connectivity index (χ0n) is 9.43. The zero-order chi connectivity index (χ0) is 12.7. The Morgan fingerprint density at radius 3 is 3.11 bits per heavy atom. The lowest BCUT2D eigenvalue weighted by atomic mass is 10.1. The molecule has 1 unspecified atom stereocenters. The van der Waals surface area contributed by atoms with Crippen LogP contribution in [0.3, 0.4) is 0 Å². The minimum atomic E-state index is -0.0187. The van der Waals surface area contributed by atoms with Crippen LogP contribution in [0.5, 0.6) is 0 Å². The van der Waals surface area contributed by atoms with E-state index in [4.69, 9.17) is 11.6 Å². The first-order chi connectivity index (χ1) is 8.69. The number of hydrogen-bond donors (Lipinski definition) is 1. The number of carbonyl (C=O) groups is 1. The third-order valence-electron chi connectivity index (χ3n) is 2.98. The van der Waals surface area contributed by atoms with Gasteiger partial charge < -0.3 is 0 Å². The molecule has 1 N–H and O–H groups in total. The first kappa shape index (κ1) is 11.2. The highest BCUT2D eigenvalue weighted by Gasteiger charge is 2.31. The molecule has 0 spiro atoms. The molecule has 0 aliphatic carbocycles. The predicted molar refractivity (Wildman–Crippen MR) is 67.4 cm³/mol. The van der Waals surface area contributed by atoms with Gasteiger partial charge in [0.05, 0.1) is 11.6 Å². The first-order valence-electron chi connectivity index (χ1n) is 5.48. The van der Waals surface area contributed by atoms with E-state index in [0.29, 0.717) is 35.1 Å². The number of anilines is 1. The van der Waals surface area contributed by atoms with Crippen molar-refractivity contribution in [3.63, 3.8) is 0 Å². The SMILES string of the molecule is C=CC1CC(=O)N(c2nc(Cl)c3cn[nH]c3n2)C1. The van der Waals surface area contributed by atoms with Crippen molar-refractivity contribution >= 4 is 34.5 Å². The van der Waals surface area contributed by atoms with E-state index >= 15 is 0 Å². The van der Waals surface area contributed by atoms with Crippen molar-refractivity contribution in [1.82, 2.24) is 20.2 Å². The highest BCUT2D eigenvalue weighted by atomic mass is 35.5. The summed E-state index contributed by atoms with van der Waals surface area (Å²) in [5, 5.41) is 7.51. The van der Waals surface area contributed by atoms with E-state index in [2.05, 4.69) is 26.7 Å². The summed E-state index contributed by atoms with van der Waals surface area (Å²) in [6, 6.07) is 0. The third kappa shape index (κ3) is 1.65. The topological polar surface area (TPSA) is 74.8 Å². The van der Waals surface area contributed by atoms with Crippen LogP contribution >= 0.6 is 11.6 Å². The molecule has 6 nitrogen and oxygen atoms in total. The smallest absolute Gasteiger partial charge is 0.235 e. The van der Waals surface area contributed by atoms with Crippen molar-refractivity contribution in [1.29, 1.82) is 0 Å². The minimum Gasteiger partial charge on any atom is -0.280 e. The van der Waals surface area contributed by atoms with Crippen molar-refractivity contribution in [2.45, 2.75) is 6.42 Å². The highest BCUT2D eigenvalue weighted by Crippen LogP contribution is 2.26. The lowest BCUT2D eigenvalue weighted by Gasteiger charge is -2.13. The maximum absolute atomic E-state index is 11.9. The maximum Gasteiger partial charge on any atom is 0.235 e. The summed E-state index contributed by atoms with van der Waals surface area (Å²) in [4.78, 5) is 21.8. The molecular weight excluding hydrogens is 254 g/mol. The Bertz CT molecular complexity index is 637. The van der Waals surface area contributed by atoms with E-state index in [9.17, 15) is 4.79 Å². The van der Waals surface area contributed by atoms with Crippen molar-refractivity contribution in [2.24, 2.45) is 5.92 Å². The van der Waals surface area contributed by atoms with Crippen LogP contribution in [0.2, 0.25) is 5.15 Å². The van der Waals surface area contributed by atoms with Crippen LogP contribution in [-0.4, -0.2) is 32.6 Å². The van der Waals surface area contributed by atoms with E-state index in [-0.39, 0.29) is 11.8 Å². The van der Waals surface area contributed by atoms with Crippen molar-refractivity contribution in [3.8, 4) is 0 Å². The van der Waals surface area contributed by atoms with Gasteiger partial charge in [0.1, 0.15) is 5.15 Å². The fourth-order valence-corrected chi connectivity index (χ4v) is 2.21. The molecule has 0 bridgehead atoms. The van der Waals surface area contributed by atoms with Gasteiger partial charge in [-0.1, -0.05) is 17.7 Å². The monoisotopic (exact) mass is 263 g/mol. The van der Waals surface area contributed by atoms with Crippen LogP contribution < -0.4 is 4.90 Å². The van der Waals surface area contributed by atoms with E-state index in [1.807, 2.05) is 0 Å². The number of aromatic nitrogens is 4. The Balaban J connectivity index is 2.04. The number of carbonyl (C=O) groups excluding carboxylic acids is 1. The summed E-state index contributed by atoms with van der Waals surface area (Å²) in [5.74, 6) is 0.429. The molecule has 0 radical (unpaired) electrons. The number of fused-ring (bicyclic) bond motifs is 1. The van der Waals surface area contributed by atoms with Crippen LogP contribution in [0.25, 0.3) is 11.0 Å². The fraction of sp³-hybridized carbons (Fsp3) is 0.273. The van der Waals surface area contributed by atoms with Gasteiger partial charge in [-0.05, 0) is 0 Å². The van der Waals surface area contributed by atoms with E-state index in [1.165, 1.54) is 4.90 Å². The van der Waals surface area contributed by atoms with Crippen molar-refractivity contribution in [2.75, 3.05) is 11.4 Å². The van der Waals surface area contributed by atoms with Crippen LogP contribution in [0.15, 0.2) is 18.9 Å². The van der Waals surface area contributed by atoms with Gasteiger partial charge in [-0.15, -0.1) is 6.58 Å².